The Morgan fingerprint density at radius 3 is 2.62 bits per heavy atom. The molecular formula is C18H19Br2N3O2S. The van der Waals surface area contributed by atoms with Crippen molar-refractivity contribution < 1.29 is 9.47 Å². The third kappa shape index (κ3) is 6.26. The number of hydrogen-bond donors (Lipinski definition) is 2. The summed E-state index contributed by atoms with van der Waals surface area (Å²) >= 11 is 12.0. The van der Waals surface area contributed by atoms with Gasteiger partial charge in [-0.05, 0) is 70.5 Å². The lowest BCUT2D eigenvalue weighted by Crippen LogP contribution is -2.31. The zero-order valence-electron chi connectivity index (χ0n) is 14.4. The van der Waals surface area contributed by atoms with Crippen LogP contribution in [0.2, 0.25) is 0 Å². The highest BCUT2D eigenvalue weighted by atomic mass is 79.9. The molecule has 26 heavy (non-hydrogen) atoms. The average Bonchev–Trinajstić information content (AvgIpc) is 2.62. The predicted molar refractivity (Wildman–Crippen MR) is 116 cm³/mol. The van der Waals surface area contributed by atoms with Crippen molar-refractivity contribution in [2.75, 3.05) is 13.7 Å². The second kappa shape index (κ2) is 10.5. The van der Waals surface area contributed by atoms with Gasteiger partial charge < -0.3 is 14.8 Å². The SMILES string of the molecule is CCNC(=S)N/N=C\c1cc(Br)c(OCc2ccc(Br)cc2)c(OC)c1. The van der Waals surface area contributed by atoms with Crippen LogP contribution in [0.3, 0.4) is 0 Å². The molecule has 8 heteroatoms. The first-order valence-electron chi connectivity index (χ1n) is 7.85. The molecule has 2 rings (SSSR count). The number of rotatable bonds is 7. The molecule has 5 nitrogen and oxygen atoms in total. The van der Waals surface area contributed by atoms with Crippen LogP contribution in [0.15, 0.2) is 50.4 Å². The quantitative estimate of drug-likeness (QED) is 0.330. The maximum absolute atomic E-state index is 5.94. The zero-order valence-corrected chi connectivity index (χ0v) is 18.4. The maximum atomic E-state index is 5.94. The third-order valence-corrected chi connectivity index (χ3v) is 4.62. The van der Waals surface area contributed by atoms with Crippen molar-refractivity contribution in [3.05, 3.63) is 56.5 Å². The first-order chi connectivity index (χ1) is 12.5. The number of benzene rings is 2. The molecule has 0 saturated carbocycles. The molecule has 0 heterocycles. The van der Waals surface area contributed by atoms with Crippen LogP contribution < -0.4 is 20.2 Å². The van der Waals surface area contributed by atoms with E-state index in [9.17, 15) is 0 Å². The Morgan fingerprint density at radius 2 is 1.96 bits per heavy atom. The van der Waals surface area contributed by atoms with E-state index < -0.39 is 0 Å². The number of nitrogens with zero attached hydrogens (tertiary/aromatic N) is 1. The average molecular weight is 501 g/mol. The Balaban J connectivity index is 2.09. The molecule has 0 bridgehead atoms. The van der Waals surface area contributed by atoms with Crippen molar-refractivity contribution in [1.82, 2.24) is 10.7 Å². The van der Waals surface area contributed by atoms with Gasteiger partial charge in [-0.1, -0.05) is 28.1 Å². The van der Waals surface area contributed by atoms with Crippen LogP contribution in [0, 0.1) is 0 Å². The van der Waals surface area contributed by atoms with Crippen LogP contribution >= 0.6 is 44.1 Å². The van der Waals surface area contributed by atoms with Crippen LogP contribution in [0.4, 0.5) is 0 Å². The highest BCUT2D eigenvalue weighted by Gasteiger charge is 2.11. The van der Waals surface area contributed by atoms with E-state index >= 15 is 0 Å². The number of thiocarbonyl (C=S) groups is 1. The van der Waals surface area contributed by atoms with Gasteiger partial charge in [-0.2, -0.15) is 5.10 Å². The molecule has 0 aliphatic carbocycles. The van der Waals surface area contributed by atoms with Crippen LogP contribution in [-0.2, 0) is 6.61 Å². The highest BCUT2D eigenvalue weighted by molar-refractivity contribution is 9.10. The smallest absolute Gasteiger partial charge is 0.186 e. The molecular weight excluding hydrogens is 482 g/mol. The topological polar surface area (TPSA) is 54.9 Å². The Labute approximate surface area is 175 Å². The minimum Gasteiger partial charge on any atom is -0.493 e. The first kappa shape index (κ1) is 20.7. The predicted octanol–water partition coefficient (Wildman–Crippen LogP) is 4.62. The largest absolute Gasteiger partial charge is 0.493 e. The van der Waals surface area contributed by atoms with Crippen LogP contribution in [0.25, 0.3) is 0 Å². The number of hydrogen-bond acceptors (Lipinski definition) is 4. The van der Waals surface area contributed by atoms with Crippen molar-refractivity contribution in [1.29, 1.82) is 0 Å². The standard InChI is InChI=1S/C18H19Br2N3O2S/c1-3-21-18(26)23-22-10-13-8-15(20)17(16(9-13)24-2)25-11-12-4-6-14(19)7-5-12/h4-10H,3,11H2,1-2H3,(H2,21,23,26)/b22-10-. The zero-order chi connectivity index (χ0) is 18.9. The van der Waals surface area contributed by atoms with Gasteiger partial charge in [0.15, 0.2) is 16.6 Å². The molecule has 0 saturated heterocycles. The van der Waals surface area contributed by atoms with E-state index in [1.165, 1.54) is 0 Å². The Morgan fingerprint density at radius 1 is 1.23 bits per heavy atom. The van der Waals surface area contributed by atoms with Crippen LogP contribution in [0.5, 0.6) is 11.5 Å². The number of methoxy groups -OCH3 is 1. The summed E-state index contributed by atoms with van der Waals surface area (Å²) < 4.78 is 13.2. The van der Waals surface area contributed by atoms with Crippen LogP contribution in [-0.4, -0.2) is 25.0 Å². The number of nitrogens with one attached hydrogen (secondary N) is 2. The fraction of sp³-hybridized carbons (Fsp3) is 0.222. The number of hydrazone groups is 1. The van der Waals surface area contributed by atoms with Crippen LogP contribution in [0.1, 0.15) is 18.1 Å². The van der Waals surface area contributed by atoms with E-state index in [0.717, 1.165) is 26.6 Å². The maximum Gasteiger partial charge on any atom is 0.186 e. The van der Waals surface area contributed by atoms with Gasteiger partial charge in [0.1, 0.15) is 6.61 Å². The van der Waals surface area contributed by atoms with Gasteiger partial charge in [-0.25, -0.2) is 0 Å². The fourth-order valence-electron chi connectivity index (χ4n) is 2.06. The van der Waals surface area contributed by atoms with Gasteiger partial charge in [0.05, 0.1) is 17.8 Å². The normalized spacial score (nSPS) is 10.6. The molecule has 0 aromatic heterocycles. The lowest BCUT2D eigenvalue weighted by molar-refractivity contribution is 0.282. The summed E-state index contributed by atoms with van der Waals surface area (Å²) in [6, 6.07) is 11.7. The second-order valence-electron chi connectivity index (χ2n) is 5.18. The van der Waals surface area contributed by atoms with Gasteiger partial charge in [-0.15, -0.1) is 0 Å². The number of halogens is 2. The Kier molecular flexibility index (Phi) is 8.34. The number of ether oxygens (including phenoxy) is 2. The Bertz CT molecular complexity index is 783. The summed E-state index contributed by atoms with van der Waals surface area (Å²) in [6.45, 7) is 3.14. The van der Waals surface area contributed by atoms with Gasteiger partial charge >= 0.3 is 0 Å². The molecule has 0 amide bonds. The van der Waals surface area contributed by atoms with E-state index in [1.54, 1.807) is 13.3 Å². The lowest BCUT2D eigenvalue weighted by atomic mass is 10.2. The van der Waals surface area contributed by atoms with E-state index in [1.807, 2.05) is 43.3 Å². The summed E-state index contributed by atoms with van der Waals surface area (Å²) in [4.78, 5) is 0. The summed E-state index contributed by atoms with van der Waals surface area (Å²) in [7, 11) is 1.60. The fourth-order valence-corrected chi connectivity index (χ4v) is 3.09. The summed E-state index contributed by atoms with van der Waals surface area (Å²) in [5.41, 5.74) is 4.66. The van der Waals surface area contributed by atoms with Crippen molar-refractivity contribution in [3.8, 4) is 11.5 Å². The van der Waals surface area contributed by atoms with Gasteiger partial charge in [-0.3, -0.25) is 5.43 Å². The lowest BCUT2D eigenvalue weighted by Gasteiger charge is -2.13. The molecule has 2 aromatic carbocycles. The minimum absolute atomic E-state index is 0.439. The van der Waals surface area contributed by atoms with Crippen molar-refractivity contribution in [3.63, 3.8) is 0 Å². The van der Waals surface area contributed by atoms with Gasteiger partial charge in [0.25, 0.3) is 0 Å². The van der Waals surface area contributed by atoms with E-state index in [0.29, 0.717) is 23.2 Å². The van der Waals surface area contributed by atoms with E-state index in [-0.39, 0.29) is 0 Å². The monoisotopic (exact) mass is 499 g/mol. The molecule has 2 aromatic rings. The molecule has 138 valence electrons. The summed E-state index contributed by atoms with van der Waals surface area (Å²) in [5.74, 6) is 1.26. The van der Waals surface area contributed by atoms with Crippen molar-refractivity contribution in [2.45, 2.75) is 13.5 Å². The Hall–Kier alpha value is -1.64. The van der Waals surface area contributed by atoms with Crippen molar-refractivity contribution in [2.24, 2.45) is 5.10 Å². The highest BCUT2D eigenvalue weighted by Crippen LogP contribution is 2.36. The van der Waals surface area contributed by atoms with E-state index in [4.69, 9.17) is 21.7 Å². The molecule has 0 spiro atoms. The second-order valence-corrected chi connectivity index (χ2v) is 7.36. The van der Waals surface area contributed by atoms with E-state index in [2.05, 4.69) is 47.7 Å². The minimum atomic E-state index is 0.439. The molecule has 0 atom stereocenters. The molecule has 0 radical (unpaired) electrons. The van der Waals surface area contributed by atoms with Gasteiger partial charge in [0, 0.05) is 11.0 Å². The molecule has 0 aliphatic rings. The third-order valence-electron chi connectivity index (χ3n) is 3.27. The summed E-state index contributed by atoms with van der Waals surface area (Å²) in [6.07, 6.45) is 1.66. The molecule has 0 aliphatic heterocycles. The molecule has 0 unspecified atom stereocenters. The first-order valence-corrected chi connectivity index (χ1v) is 9.84. The van der Waals surface area contributed by atoms with Crippen molar-refractivity contribution >= 4 is 55.4 Å². The summed E-state index contributed by atoms with van der Waals surface area (Å²) in [5, 5.41) is 7.54. The molecule has 2 N–H and O–H groups in total. The van der Waals surface area contributed by atoms with Gasteiger partial charge in [0.2, 0.25) is 0 Å². The molecule has 0 fully saturated rings.